The molecule has 1 aliphatic heterocycles. The molecule has 0 bridgehead atoms. The smallest absolute Gasteiger partial charge is 0.225 e. The van der Waals surface area contributed by atoms with E-state index in [4.69, 9.17) is 9.47 Å². The quantitative estimate of drug-likeness (QED) is 0.637. The number of para-hydroxylation sites is 1. The Balaban J connectivity index is 1.54. The van der Waals surface area contributed by atoms with Crippen LogP contribution >= 0.6 is 0 Å². The maximum absolute atomic E-state index is 13.2. The van der Waals surface area contributed by atoms with E-state index in [1.165, 1.54) is 0 Å². The standard InChI is InChI=1S/C22H26N4O3/c1-15(26-20-8-5-4-7-18(20)23-24-26)13-22(27)25-12-6-9-19(25)17-11-10-16(28-2)14-21(17)29-3/h4-5,7-8,10-11,14-15,19H,6,9,12-13H2,1-3H3. The molecule has 2 heterocycles. The van der Waals surface area contributed by atoms with Gasteiger partial charge in [0.05, 0.1) is 31.8 Å². The van der Waals surface area contributed by atoms with E-state index < -0.39 is 0 Å². The molecule has 29 heavy (non-hydrogen) atoms. The highest BCUT2D eigenvalue weighted by Crippen LogP contribution is 2.39. The van der Waals surface area contributed by atoms with Gasteiger partial charge in [-0.1, -0.05) is 17.3 Å². The van der Waals surface area contributed by atoms with Gasteiger partial charge in [0.25, 0.3) is 0 Å². The van der Waals surface area contributed by atoms with Crippen LogP contribution in [0.5, 0.6) is 11.5 Å². The molecule has 4 rings (SSSR count). The fraction of sp³-hybridized carbons (Fsp3) is 0.409. The van der Waals surface area contributed by atoms with Gasteiger partial charge < -0.3 is 14.4 Å². The van der Waals surface area contributed by atoms with Crippen molar-refractivity contribution in [1.29, 1.82) is 0 Å². The van der Waals surface area contributed by atoms with E-state index in [1.54, 1.807) is 14.2 Å². The molecule has 3 aromatic rings. The molecular formula is C22H26N4O3. The van der Waals surface area contributed by atoms with Gasteiger partial charge in [0, 0.05) is 24.6 Å². The summed E-state index contributed by atoms with van der Waals surface area (Å²) < 4.78 is 12.7. The van der Waals surface area contributed by atoms with Gasteiger partial charge in [0.15, 0.2) is 0 Å². The number of methoxy groups -OCH3 is 2. The number of likely N-dealkylation sites (tertiary alicyclic amines) is 1. The lowest BCUT2D eigenvalue weighted by Gasteiger charge is -2.27. The Labute approximate surface area is 170 Å². The predicted octanol–water partition coefficient (Wildman–Crippen LogP) is 3.76. The summed E-state index contributed by atoms with van der Waals surface area (Å²) in [5.41, 5.74) is 2.81. The highest BCUT2D eigenvalue weighted by molar-refractivity contribution is 5.78. The number of hydrogen-bond acceptors (Lipinski definition) is 5. The van der Waals surface area contributed by atoms with Crippen molar-refractivity contribution in [3.63, 3.8) is 0 Å². The highest BCUT2D eigenvalue weighted by Gasteiger charge is 2.32. The zero-order valence-corrected chi connectivity index (χ0v) is 17.0. The van der Waals surface area contributed by atoms with Crippen molar-refractivity contribution in [2.24, 2.45) is 0 Å². The fourth-order valence-electron chi connectivity index (χ4n) is 4.15. The van der Waals surface area contributed by atoms with E-state index in [0.29, 0.717) is 6.42 Å². The molecule has 1 aromatic heterocycles. The Bertz CT molecular complexity index is 1020. The van der Waals surface area contributed by atoms with Crippen molar-refractivity contribution in [3.05, 3.63) is 48.0 Å². The van der Waals surface area contributed by atoms with Crippen LogP contribution in [0.1, 0.15) is 43.8 Å². The molecule has 1 fully saturated rings. The van der Waals surface area contributed by atoms with E-state index in [-0.39, 0.29) is 18.0 Å². The SMILES string of the molecule is COc1ccc(C2CCCN2C(=O)CC(C)n2nnc3ccccc32)c(OC)c1. The van der Waals surface area contributed by atoms with Crippen LogP contribution in [0.2, 0.25) is 0 Å². The second-order valence-corrected chi connectivity index (χ2v) is 7.43. The van der Waals surface area contributed by atoms with Crippen LogP contribution in [0.3, 0.4) is 0 Å². The lowest BCUT2D eigenvalue weighted by molar-refractivity contribution is -0.132. The summed E-state index contributed by atoms with van der Waals surface area (Å²) >= 11 is 0. The maximum Gasteiger partial charge on any atom is 0.225 e. The van der Waals surface area contributed by atoms with Crippen molar-refractivity contribution >= 4 is 16.9 Å². The Morgan fingerprint density at radius 1 is 1.21 bits per heavy atom. The Hall–Kier alpha value is -3.09. The molecule has 2 unspecified atom stereocenters. The van der Waals surface area contributed by atoms with Crippen LogP contribution in [0.4, 0.5) is 0 Å². The summed E-state index contributed by atoms with van der Waals surface area (Å²) in [6.45, 7) is 2.77. The van der Waals surface area contributed by atoms with E-state index in [9.17, 15) is 4.79 Å². The number of carbonyl (C=O) groups is 1. The van der Waals surface area contributed by atoms with Crippen LogP contribution < -0.4 is 9.47 Å². The van der Waals surface area contributed by atoms with Crippen LogP contribution in [0.25, 0.3) is 11.0 Å². The highest BCUT2D eigenvalue weighted by atomic mass is 16.5. The molecule has 0 aliphatic carbocycles. The minimum Gasteiger partial charge on any atom is -0.497 e. The van der Waals surface area contributed by atoms with Gasteiger partial charge in [0.2, 0.25) is 5.91 Å². The van der Waals surface area contributed by atoms with E-state index in [2.05, 4.69) is 10.3 Å². The van der Waals surface area contributed by atoms with Gasteiger partial charge in [-0.3, -0.25) is 4.79 Å². The van der Waals surface area contributed by atoms with E-state index in [0.717, 1.165) is 47.5 Å². The summed E-state index contributed by atoms with van der Waals surface area (Å²) in [5, 5.41) is 8.47. The molecule has 0 spiro atoms. The third kappa shape index (κ3) is 3.64. The van der Waals surface area contributed by atoms with Gasteiger partial charge in [-0.2, -0.15) is 0 Å². The molecule has 0 saturated carbocycles. The van der Waals surface area contributed by atoms with Crippen molar-refractivity contribution < 1.29 is 14.3 Å². The van der Waals surface area contributed by atoms with Crippen molar-refractivity contribution in [2.75, 3.05) is 20.8 Å². The minimum atomic E-state index is -0.0751. The Kier molecular flexibility index (Phi) is 5.38. The second kappa shape index (κ2) is 8.11. The molecule has 1 aliphatic rings. The maximum atomic E-state index is 13.2. The lowest BCUT2D eigenvalue weighted by Crippen LogP contribution is -2.32. The monoisotopic (exact) mass is 394 g/mol. The number of ether oxygens (including phenoxy) is 2. The summed E-state index contributed by atoms with van der Waals surface area (Å²) in [4.78, 5) is 15.2. The number of nitrogens with zero attached hydrogens (tertiary/aromatic N) is 4. The molecule has 7 heteroatoms. The van der Waals surface area contributed by atoms with Crippen LogP contribution in [0, 0.1) is 0 Å². The molecule has 1 amide bonds. The minimum absolute atomic E-state index is 0.0167. The Morgan fingerprint density at radius 2 is 2.03 bits per heavy atom. The molecule has 2 atom stereocenters. The normalized spacial score (nSPS) is 17.5. The first-order valence-corrected chi connectivity index (χ1v) is 9.93. The molecule has 0 radical (unpaired) electrons. The molecular weight excluding hydrogens is 368 g/mol. The number of amides is 1. The van der Waals surface area contributed by atoms with Gasteiger partial charge in [-0.25, -0.2) is 4.68 Å². The number of hydrogen-bond donors (Lipinski definition) is 0. The van der Waals surface area contributed by atoms with Gasteiger partial charge in [0.1, 0.15) is 17.0 Å². The summed E-state index contributed by atoms with van der Waals surface area (Å²) in [6.07, 6.45) is 2.28. The van der Waals surface area contributed by atoms with E-state index >= 15 is 0 Å². The van der Waals surface area contributed by atoms with Gasteiger partial charge in [-0.05, 0) is 44.0 Å². The first kappa shape index (κ1) is 19.2. The third-order valence-corrected chi connectivity index (χ3v) is 5.64. The average Bonchev–Trinajstić information content (AvgIpc) is 3.40. The zero-order valence-electron chi connectivity index (χ0n) is 17.0. The first-order valence-electron chi connectivity index (χ1n) is 9.93. The molecule has 1 saturated heterocycles. The van der Waals surface area contributed by atoms with Gasteiger partial charge in [-0.15, -0.1) is 5.10 Å². The molecule has 152 valence electrons. The number of rotatable bonds is 6. The fourth-order valence-corrected chi connectivity index (χ4v) is 4.15. The van der Waals surface area contributed by atoms with Crippen LogP contribution in [-0.4, -0.2) is 46.6 Å². The Morgan fingerprint density at radius 3 is 2.83 bits per heavy atom. The molecule has 2 aromatic carbocycles. The number of benzene rings is 2. The first-order chi connectivity index (χ1) is 14.1. The average molecular weight is 394 g/mol. The summed E-state index contributed by atoms with van der Waals surface area (Å²) in [6, 6.07) is 13.6. The zero-order chi connectivity index (χ0) is 20.4. The number of carbonyl (C=O) groups excluding carboxylic acids is 1. The second-order valence-electron chi connectivity index (χ2n) is 7.43. The predicted molar refractivity (Wildman–Crippen MR) is 110 cm³/mol. The topological polar surface area (TPSA) is 69.5 Å². The van der Waals surface area contributed by atoms with Crippen molar-refractivity contribution in [2.45, 2.75) is 38.3 Å². The third-order valence-electron chi connectivity index (χ3n) is 5.64. The summed E-state index contributed by atoms with van der Waals surface area (Å²) in [5.74, 6) is 1.62. The van der Waals surface area contributed by atoms with Gasteiger partial charge >= 0.3 is 0 Å². The van der Waals surface area contributed by atoms with Crippen molar-refractivity contribution in [1.82, 2.24) is 19.9 Å². The van der Waals surface area contributed by atoms with Crippen molar-refractivity contribution in [3.8, 4) is 11.5 Å². The molecule has 7 nitrogen and oxygen atoms in total. The van der Waals surface area contributed by atoms with Crippen LogP contribution in [0.15, 0.2) is 42.5 Å². The number of aromatic nitrogens is 3. The largest absolute Gasteiger partial charge is 0.497 e. The van der Waals surface area contributed by atoms with E-state index in [1.807, 2.05) is 59.0 Å². The van der Waals surface area contributed by atoms with Crippen LogP contribution in [-0.2, 0) is 4.79 Å². The lowest BCUT2D eigenvalue weighted by atomic mass is 10.0. The molecule has 0 N–H and O–H groups in total. The number of fused-ring (bicyclic) bond motifs is 1. The summed E-state index contributed by atoms with van der Waals surface area (Å²) in [7, 11) is 3.28.